The molecule has 0 bridgehead atoms. The third-order valence-electron chi connectivity index (χ3n) is 4.31. The maximum Gasteiger partial charge on any atom is 0.312 e. The predicted molar refractivity (Wildman–Crippen MR) is 98.8 cm³/mol. The normalized spacial score (nSPS) is 15.4. The average molecular weight is 354 g/mol. The van der Waals surface area contributed by atoms with Gasteiger partial charge in [-0.25, -0.2) is 4.79 Å². The second-order valence-corrected chi connectivity index (χ2v) is 6.45. The molecule has 6 N–H and O–H groups in total. The van der Waals surface area contributed by atoms with Gasteiger partial charge in [-0.15, -0.1) is 0 Å². The number of hydrogen-bond acceptors (Lipinski definition) is 3. The largest absolute Gasteiger partial charge is 0.429 e. The monoisotopic (exact) mass is 354 g/mol. The fraction of sp³-hybridized carbons (Fsp3) is 0.812. The molecule has 0 spiro atoms. The third kappa shape index (κ3) is 8.57. The lowest BCUT2D eigenvalue weighted by molar-refractivity contribution is -0.122. The maximum absolute atomic E-state index is 11.8. The number of primary amides is 1. The zero-order chi connectivity index (χ0) is 18.7. The van der Waals surface area contributed by atoms with Crippen molar-refractivity contribution in [2.24, 2.45) is 11.5 Å². The van der Waals surface area contributed by atoms with E-state index in [1.165, 1.54) is 0 Å². The van der Waals surface area contributed by atoms with Crippen LogP contribution in [0, 0.1) is 0 Å². The van der Waals surface area contributed by atoms with Gasteiger partial charge >= 0.3 is 6.03 Å². The molecule has 0 radical (unpaired) electrons. The summed E-state index contributed by atoms with van der Waals surface area (Å²) in [5.74, 6) is 0.214. The summed E-state index contributed by atoms with van der Waals surface area (Å²) in [6, 6.07) is -1.12. The molecule has 3 amide bonds. The van der Waals surface area contributed by atoms with E-state index in [1.54, 1.807) is 0 Å². The van der Waals surface area contributed by atoms with Crippen LogP contribution in [0.5, 0.6) is 0 Å². The fourth-order valence-electron chi connectivity index (χ4n) is 2.71. The minimum absolute atomic E-state index is 0.154. The van der Waals surface area contributed by atoms with Crippen molar-refractivity contribution < 1.29 is 9.59 Å². The van der Waals surface area contributed by atoms with E-state index >= 15 is 0 Å². The Bertz CT molecular complexity index is 444. The smallest absolute Gasteiger partial charge is 0.312 e. The molecule has 0 aromatic heterocycles. The number of likely N-dealkylation sites (N-methyl/N-ethyl adjacent to an activating group) is 1. The second kappa shape index (κ2) is 11.5. The van der Waals surface area contributed by atoms with Gasteiger partial charge in [-0.1, -0.05) is 12.8 Å². The molecule has 25 heavy (non-hydrogen) atoms. The lowest BCUT2D eigenvalue weighted by Gasteiger charge is -2.27. The first-order valence-corrected chi connectivity index (χ1v) is 9.00. The number of nitrogens with zero attached hydrogens (tertiary/aromatic N) is 3. The number of unbranched alkanes of at least 4 members (excludes halogenated alkanes) is 3. The Hall–Kier alpha value is -2.03. The van der Waals surface area contributed by atoms with Crippen LogP contribution in [0.4, 0.5) is 4.79 Å². The number of carbonyl (C=O) groups excluding carboxylic acids is 2. The van der Waals surface area contributed by atoms with Gasteiger partial charge in [0.1, 0.15) is 0 Å². The SMILES string of the molecule is CN1CCN(CCCCCCNC(=O)C(N)CCCNC(N)=O)C1=[N-]. The maximum atomic E-state index is 11.8. The molecular weight excluding hydrogens is 322 g/mol. The Labute approximate surface area is 150 Å². The number of nitrogens with one attached hydrogen (secondary N) is 2. The van der Waals surface area contributed by atoms with E-state index in [0.29, 0.717) is 31.9 Å². The molecule has 9 heteroatoms. The zero-order valence-electron chi connectivity index (χ0n) is 15.2. The van der Waals surface area contributed by atoms with Crippen molar-refractivity contribution in [3.05, 3.63) is 5.41 Å². The summed E-state index contributed by atoms with van der Waals surface area (Å²) in [6.07, 6.45) is 5.16. The topological polar surface area (TPSA) is 139 Å². The van der Waals surface area contributed by atoms with Gasteiger partial charge in [0.2, 0.25) is 5.91 Å². The number of guanidine groups is 1. The van der Waals surface area contributed by atoms with Crippen LogP contribution in [0.25, 0.3) is 5.41 Å². The van der Waals surface area contributed by atoms with Gasteiger partial charge in [0.05, 0.1) is 6.04 Å². The van der Waals surface area contributed by atoms with E-state index in [0.717, 1.165) is 45.3 Å². The average Bonchev–Trinajstić information content (AvgIpc) is 2.89. The zero-order valence-corrected chi connectivity index (χ0v) is 15.2. The lowest BCUT2D eigenvalue weighted by atomic mass is 10.1. The first-order chi connectivity index (χ1) is 11.9. The van der Waals surface area contributed by atoms with Crippen molar-refractivity contribution >= 4 is 17.9 Å². The van der Waals surface area contributed by atoms with Crippen LogP contribution >= 0.6 is 0 Å². The number of nitrogens with two attached hydrogens (primary N) is 2. The fourth-order valence-corrected chi connectivity index (χ4v) is 2.71. The van der Waals surface area contributed by atoms with Gasteiger partial charge in [-0.2, -0.15) is 0 Å². The van der Waals surface area contributed by atoms with Gasteiger partial charge < -0.3 is 37.3 Å². The number of carbonyl (C=O) groups is 2. The van der Waals surface area contributed by atoms with Crippen LogP contribution in [-0.2, 0) is 4.79 Å². The van der Waals surface area contributed by atoms with Gasteiger partial charge in [0, 0.05) is 19.0 Å². The van der Waals surface area contributed by atoms with Crippen molar-refractivity contribution in [1.29, 1.82) is 0 Å². The quantitative estimate of drug-likeness (QED) is 0.354. The van der Waals surface area contributed by atoms with E-state index in [2.05, 4.69) is 10.6 Å². The lowest BCUT2D eigenvalue weighted by Crippen LogP contribution is -2.41. The minimum atomic E-state index is -0.567. The molecule has 0 saturated carbocycles. The summed E-state index contributed by atoms with van der Waals surface area (Å²) in [7, 11) is 1.89. The highest BCUT2D eigenvalue weighted by Gasteiger charge is 2.13. The first kappa shape index (κ1) is 21.0. The van der Waals surface area contributed by atoms with E-state index in [4.69, 9.17) is 11.5 Å². The summed E-state index contributed by atoms with van der Waals surface area (Å²) in [4.78, 5) is 26.2. The molecule has 0 aliphatic carbocycles. The highest BCUT2D eigenvalue weighted by Crippen LogP contribution is 2.08. The van der Waals surface area contributed by atoms with E-state index < -0.39 is 12.1 Å². The van der Waals surface area contributed by atoms with Gasteiger partial charge in [-0.3, -0.25) is 4.79 Å². The molecule has 1 unspecified atom stereocenters. The number of urea groups is 1. The number of hydrogen-bond donors (Lipinski definition) is 4. The van der Waals surface area contributed by atoms with Crippen LogP contribution in [0.3, 0.4) is 0 Å². The molecule has 9 nitrogen and oxygen atoms in total. The molecule has 1 aliphatic heterocycles. The van der Waals surface area contributed by atoms with E-state index in [1.807, 2.05) is 16.8 Å². The van der Waals surface area contributed by atoms with Crippen molar-refractivity contribution in [3.63, 3.8) is 0 Å². The van der Waals surface area contributed by atoms with Crippen molar-refractivity contribution in [2.45, 2.75) is 44.6 Å². The Balaban J connectivity index is 1.95. The Morgan fingerprint density at radius 3 is 2.44 bits per heavy atom. The second-order valence-electron chi connectivity index (χ2n) is 6.45. The highest BCUT2D eigenvalue weighted by atomic mass is 16.2. The third-order valence-corrected chi connectivity index (χ3v) is 4.31. The van der Waals surface area contributed by atoms with Crippen molar-refractivity contribution in [2.75, 3.05) is 39.8 Å². The van der Waals surface area contributed by atoms with Gasteiger partial charge in [0.25, 0.3) is 0 Å². The summed E-state index contributed by atoms with van der Waals surface area (Å²) < 4.78 is 0. The molecule has 1 saturated heterocycles. The van der Waals surface area contributed by atoms with Crippen LogP contribution in [-0.4, -0.2) is 73.5 Å². The Morgan fingerprint density at radius 2 is 1.80 bits per heavy atom. The summed E-state index contributed by atoms with van der Waals surface area (Å²) >= 11 is 0. The van der Waals surface area contributed by atoms with Crippen molar-refractivity contribution in [1.82, 2.24) is 20.4 Å². The predicted octanol–water partition coefficient (Wildman–Crippen LogP) is -0.388. The molecule has 1 fully saturated rings. The molecule has 0 aromatic carbocycles. The minimum Gasteiger partial charge on any atom is -0.429 e. The molecule has 1 aliphatic rings. The Morgan fingerprint density at radius 1 is 1.12 bits per heavy atom. The van der Waals surface area contributed by atoms with E-state index in [-0.39, 0.29) is 5.91 Å². The first-order valence-electron chi connectivity index (χ1n) is 9.00. The molecule has 1 heterocycles. The summed E-state index contributed by atoms with van der Waals surface area (Å²) in [6.45, 7) is 3.67. The van der Waals surface area contributed by atoms with Crippen LogP contribution in [0.1, 0.15) is 38.5 Å². The highest BCUT2D eigenvalue weighted by molar-refractivity contribution is 5.84. The van der Waals surface area contributed by atoms with Crippen molar-refractivity contribution in [3.8, 4) is 0 Å². The van der Waals surface area contributed by atoms with Crippen LogP contribution in [0.2, 0.25) is 0 Å². The number of amides is 3. The summed E-state index contributed by atoms with van der Waals surface area (Å²) in [5.41, 5.74) is 10.8. The molecule has 1 atom stereocenters. The molecule has 144 valence electrons. The van der Waals surface area contributed by atoms with Gasteiger partial charge in [0.15, 0.2) is 0 Å². The standard InChI is InChI=1S/C16H32N7O2/c1-22-11-12-23(16(22)19)10-5-3-2-4-8-20-14(24)13(17)7-6-9-21-15(18)25/h13H,2-12,17H2,1H3,(H,20,24)(H3,18,21,25)/q-1. The molecular formula is C16H32N7O2-. The molecule has 0 aromatic rings. The van der Waals surface area contributed by atoms with Crippen LogP contribution < -0.4 is 22.1 Å². The van der Waals surface area contributed by atoms with Gasteiger partial charge in [-0.05, 0) is 52.4 Å². The molecule has 1 rings (SSSR count). The Kier molecular flexibility index (Phi) is 9.68. The number of rotatable bonds is 12. The van der Waals surface area contributed by atoms with E-state index in [9.17, 15) is 15.0 Å². The van der Waals surface area contributed by atoms with Crippen LogP contribution in [0.15, 0.2) is 0 Å². The summed E-state index contributed by atoms with van der Waals surface area (Å²) in [5, 5.41) is 15.1.